The molecule has 2 aromatic heterocycles. The maximum Gasteiger partial charge on any atom is 1.00 e. The molecule has 0 bridgehead atoms. The predicted octanol–water partition coefficient (Wildman–Crippen LogP) is 5.35. The molecule has 2 N–H and O–H groups in total. The minimum atomic E-state index is -5.08. The number of aromatic nitrogens is 4. The third-order valence-electron chi connectivity index (χ3n) is 8.74. The Bertz CT molecular complexity index is 2850. The van der Waals surface area contributed by atoms with Crippen LogP contribution < -0.4 is 69.7 Å². The van der Waals surface area contributed by atoms with E-state index in [1.807, 2.05) is 133 Å². The number of benzene rings is 6. The molecule has 20 heteroatoms. The Morgan fingerprint density at radius 3 is 0.924 bits per heavy atom. The van der Waals surface area contributed by atoms with Gasteiger partial charge in [-0.15, -0.1) is 0 Å². The predicted molar refractivity (Wildman–Crippen MR) is 251 cm³/mol. The van der Waals surface area contributed by atoms with Crippen LogP contribution >= 0.6 is 47.0 Å². The molecule has 0 radical (unpaired) electrons. The average Bonchev–Trinajstić information content (AvgIpc) is 3.27. The fourth-order valence-electron chi connectivity index (χ4n) is 5.94. The minimum absolute atomic E-state index is 0. The van der Waals surface area contributed by atoms with Crippen LogP contribution in [0.15, 0.2) is 219 Å². The van der Waals surface area contributed by atoms with Gasteiger partial charge in [-0.05, 0) is 83.9 Å². The van der Waals surface area contributed by atoms with Crippen molar-refractivity contribution in [1.82, 2.24) is 19.9 Å². The molecule has 6 aromatic carbocycles. The molecule has 0 aliphatic heterocycles. The van der Waals surface area contributed by atoms with Crippen LogP contribution in [-0.4, -0.2) is 45.9 Å². The van der Waals surface area contributed by atoms with Gasteiger partial charge >= 0.3 is 59.1 Å². The van der Waals surface area contributed by atoms with Gasteiger partial charge in [-0.3, -0.25) is 0 Å². The van der Waals surface area contributed by atoms with Gasteiger partial charge in [-0.1, -0.05) is 144 Å². The van der Waals surface area contributed by atoms with Gasteiger partial charge in [0.2, 0.25) is 11.9 Å². The van der Waals surface area contributed by atoms with E-state index in [1.165, 1.54) is 83.5 Å². The molecule has 320 valence electrons. The molecule has 0 aliphatic carbocycles. The standard InChI is InChI=1S/C46H34N6O6S6.2Na/c53-63(54,55)39-27-33(47-45-49-41(59-35-13-5-1-6-14-35)29-42(50-45)60-36-15-7-2-8-16-36)25-23-31(39)21-22-32-24-26-34(28-40(32)64(56,57)58)48-46-51-43(61-37-17-9-3-10-18-37)30-44(52-46)62-38-19-11-4-12-20-38;;/h1-30H,(H,47,49,50)(H,48,51,52)(H,53,54,55)(H,56,57,58);;/q;2*+1/p-2. The van der Waals surface area contributed by atoms with Crippen molar-refractivity contribution in [3.63, 3.8) is 0 Å². The van der Waals surface area contributed by atoms with Gasteiger partial charge in [0, 0.05) is 43.1 Å². The van der Waals surface area contributed by atoms with Crippen molar-refractivity contribution in [3.05, 3.63) is 181 Å². The van der Waals surface area contributed by atoms with Gasteiger partial charge in [0.05, 0.1) is 9.79 Å². The van der Waals surface area contributed by atoms with Crippen molar-refractivity contribution >= 4 is 103 Å². The minimum Gasteiger partial charge on any atom is -0.744 e. The molecule has 0 spiro atoms. The molecule has 12 nitrogen and oxygen atoms in total. The van der Waals surface area contributed by atoms with Crippen LogP contribution in [0.1, 0.15) is 11.1 Å². The zero-order chi connectivity index (χ0) is 44.5. The second kappa shape index (κ2) is 23.9. The zero-order valence-corrected chi connectivity index (χ0v) is 43.9. The molecule has 0 atom stereocenters. The summed E-state index contributed by atoms with van der Waals surface area (Å²) in [5.74, 6) is 0.322. The van der Waals surface area contributed by atoms with E-state index in [4.69, 9.17) is 0 Å². The maximum absolute atomic E-state index is 12.7. The van der Waals surface area contributed by atoms with Crippen LogP contribution in [0.25, 0.3) is 12.2 Å². The summed E-state index contributed by atoms with van der Waals surface area (Å²) in [4.78, 5) is 21.2. The summed E-state index contributed by atoms with van der Waals surface area (Å²) >= 11 is 5.68. The van der Waals surface area contributed by atoms with Crippen LogP contribution in [0.5, 0.6) is 0 Å². The quantitative estimate of drug-likeness (QED) is 0.0545. The van der Waals surface area contributed by atoms with Crippen LogP contribution in [0.4, 0.5) is 23.3 Å². The Labute approximate surface area is 443 Å². The molecule has 0 saturated carbocycles. The topological polar surface area (TPSA) is 190 Å². The van der Waals surface area contributed by atoms with Crippen LogP contribution in [0.2, 0.25) is 0 Å². The summed E-state index contributed by atoms with van der Waals surface area (Å²) in [5.41, 5.74) is 0.328. The normalized spacial score (nSPS) is 11.4. The molecule has 0 aliphatic rings. The van der Waals surface area contributed by atoms with Crippen molar-refractivity contribution in [3.8, 4) is 0 Å². The number of hydrogen-bond acceptors (Lipinski definition) is 16. The molecule has 0 fully saturated rings. The third kappa shape index (κ3) is 14.8. The van der Waals surface area contributed by atoms with E-state index in [0.717, 1.165) is 31.7 Å². The molecule has 0 unspecified atom stereocenters. The van der Waals surface area contributed by atoms with Gasteiger partial charge in [-0.25, -0.2) is 36.8 Å². The van der Waals surface area contributed by atoms with Crippen LogP contribution in [0.3, 0.4) is 0 Å². The third-order valence-corrected chi connectivity index (χ3v) is 14.2. The van der Waals surface area contributed by atoms with Crippen molar-refractivity contribution in [1.29, 1.82) is 0 Å². The van der Waals surface area contributed by atoms with Crippen molar-refractivity contribution in [2.75, 3.05) is 10.6 Å². The summed E-state index contributed by atoms with van der Waals surface area (Å²) in [7, 11) is -10.2. The van der Waals surface area contributed by atoms with E-state index < -0.39 is 30.0 Å². The molecule has 66 heavy (non-hydrogen) atoms. The first-order chi connectivity index (χ1) is 30.9. The molecular formula is C46H32N6Na2O6S6. The van der Waals surface area contributed by atoms with E-state index in [1.54, 1.807) is 0 Å². The van der Waals surface area contributed by atoms with E-state index in [-0.39, 0.29) is 93.5 Å². The van der Waals surface area contributed by atoms with Crippen molar-refractivity contribution < 1.29 is 85.1 Å². The SMILES string of the molecule is O=S(=O)([O-])c1cc(Nc2nc(Sc3ccccc3)cc(Sc3ccccc3)n2)ccc1C=Cc1ccc(Nc2nc(Sc3ccccc3)cc(Sc3ccccc3)n2)cc1S(=O)(=O)[O-].[Na+].[Na+]. The molecule has 2 heterocycles. The summed E-state index contributed by atoms with van der Waals surface area (Å²) in [6.07, 6.45) is 2.52. The fourth-order valence-corrected chi connectivity index (χ4v) is 10.8. The molecule has 0 amide bonds. The summed E-state index contributed by atoms with van der Waals surface area (Å²) in [5, 5.41) is 8.57. The first-order valence-electron chi connectivity index (χ1n) is 19.0. The van der Waals surface area contributed by atoms with E-state index in [2.05, 4.69) is 30.6 Å². The molecular weight excluding hydrogens is 971 g/mol. The van der Waals surface area contributed by atoms with Gasteiger partial charge < -0.3 is 19.7 Å². The van der Waals surface area contributed by atoms with Crippen molar-refractivity contribution in [2.45, 2.75) is 49.5 Å². The van der Waals surface area contributed by atoms with Crippen LogP contribution in [-0.2, 0) is 20.2 Å². The average molecular weight is 1000 g/mol. The van der Waals surface area contributed by atoms with E-state index in [0.29, 0.717) is 20.1 Å². The zero-order valence-electron chi connectivity index (χ0n) is 35.0. The fraction of sp³-hybridized carbons (Fsp3) is 0. The summed E-state index contributed by atoms with van der Waals surface area (Å²) < 4.78 is 75.9. The number of nitrogens with zero attached hydrogens (tertiary/aromatic N) is 4. The second-order valence-electron chi connectivity index (χ2n) is 13.4. The van der Waals surface area contributed by atoms with Crippen LogP contribution in [0, 0.1) is 0 Å². The van der Waals surface area contributed by atoms with Crippen molar-refractivity contribution in [2.24, 2.45) is 0 Å². The smallest absolute Gasteiger partial charge is 0.744 e. The van der Waals surface area contributed by atoms with Gasteiger partial charge in [-0.2, -0.15) is 0 Å². The Balaban J connectivity index is 0.00000360. The first kappa shape index (κ1) is 51.4. The largest absolute Gasteiger partial charge is 1.00 e. The monoisotopic (exact) mass is 1000 g/mol. The summed E-state index contributed by atoms with van der Waals surface area (Å²) in [6.45, 7) is 0. The first-order valence-corrected chi connectivity index (χ1v) is 25.1. The van der Waals surface area contributed by atoms with E-state index >= 15 is 0 Å². The molecule has 0 saturated heterocycles. The molecule has 8 rings (SSSR count). The number of nitrogens with one attached hydrogen (secondary N) is 2. The number of anilines is 4. The maximum atomic E-state index is 12.7. The number of rotatable bonds is 16. The van der Waals surface area contributed by atoms with Gasteiger partial charge in [0.15, 0.2) is 0 Å². The molecule has 8 aromatic rings. The Hall–Kier alpha value is -3.96. The van der Waals surface area contributed by atoms with Gasteiger partial charge in [0.25, 0.3) is 0 Å². The van der Waals surface area contributed by atoms with E-state index in [9.17, 15) is 25.9 Å². The summed E-state index contributed by atoms with van der Waals surface area (Å²) in [6, 6.07) is 50.4. The Morgan fingerprint density at radius 2 is 0.667 bits per heavy atom. The Morgan fingerprint density at radius 1 is 0.394 bits per heavy atom. The second-order valence-corrected chi connectivity index (χ2v) is 20.5. The van der Waals surface area contributed by atoms with Gasteiger partial charge in [0.1, 0.15) is 40.3 Å². The Kier molecular flexibility index (Phi) is 18.6. The number of hydrogen-bond donors (Lipinski definition) is 2.